The van der Waals surface area contributed by atoms with Gasteiger partial charge in [0.1, 0.15) is 18.2 Å². The van der Waals surface area contributed by atoms with Crippen LogP contribution in [0.15, 0.2) is 54.6 Å². The number of aromatic nitrogens is 2. The number of aryl methyl sites for hydroxylation is 1. The van der Waals surface area contributed by atoms with Crippen molar-refractivity contribution in [1.29, 1.82) is 0 Å². The minimum absolute atomic E-state index is 0.135. The summed E-state index contributed by atoms with van der Waals surface area (Å²) in [5, 5.41) is 3.59. The lowest BCUT2D eigenvalue weighted by atomic mass is 10.2. The molecule has 6 heteroatoms. The van der Waals surface area contributed by atoms with Crippen LogP contribution in [0.1, 0.15) is 18.3 Å². The Labute approximate surface area is 170 Å². The van der Waals surface area contributed by atoms with Crippen LogP contribution < -0.4 is 10.1 Å². The number of carbonyl (C=O) groups excluding carboxylic acids is 1. The lowest BCUT2D eigenvalue weighted by Gasteiger charge is -2.12. The van der Waals surface area contributed by atoms with Gasteiger partial charge >= 0.3 is 0 Å². The zero-order chi connectivity index (χ0) is 20.1. The molecule has 0 atom stereocenters. The number of imidazole rings is 1. The molecular formula is C22H24ClN3O2. The Balaban J connectivity index is 1.70. The van der Waals surface area contributed by atoms with Crippen LogP contribution in [0.25, 0.3) is 11.0 Å². The lowest BCUT2D eigenvalue weighted by Crippen LogP contribution is -2.27. The lowest BCUT2D eigenvalue weighted by molar-refractivity contribution is -0.117. The van der Waals surface area contributed by atoms with E-state index in [4.69, 9.17) is 21.3 Å². The van der Waals surface area contributed by atoms with Gasteiger partial charge in [-0.25, -0.2) is 4.98 Å². The van der Waals surface area contributed by atoms with Gasteiger partial charge < -0.3 is 14.6 Å². The summed E-state index contributed by atoms with van der Waals surface area (Å²) < 4.78 is 8.05. The molecule has 2 aromatic carbocycles. The number of nitrogens with zero attached hydrogens (tertiary/aromatic N) is 2. The normalized spacial score (nSPS) is 10.8. The predicted octanol–water partition coefficient (Wildman–Crippen LogP) is 4.31. The van der Waals surface area contributed by atoms with Crippen molar-refractivity contribution in [2.45, 2.75) is 26.8 Å². The highest BCUT2D eigenvalue weighted by Gasteiger charge is 2.11. The molecule has 1 heterocycles. The zero-order valence-electron chi connectivity index (χ0n) is 16.2. The first-order valence-electron chi connectivity index (χ1n) is 9.22. The van der Waals surface area contributed by atoms with Gasteiger partial charge in [0, 0.05) is 23.6 Å². The van der Waals surface area contributed by atoms with E-state index in [0.717, 1.165) is 33.2 Å². The van der Waals surface area contributed by atoms with Gasteiger partial charge in [0.25, 0.3) is 0 Å². The molecule has 0 unspecified atom stereocenters. The molecule has 0 saturated heterocycles. The molecule has 0 saturated carbocycles. The second kappa shape index (κ2) is 8.93. The first-order valence-corrected chi connectivity index (χ1v) is 9.60. The highest BCUT2D eigenvalue weighted by atomic mass is 35.5. The quantitative estimate of drug-likeness (QED) is 0.576. The Morgan fingerprint density at radius 1 is 1.29 bits per heavy atom. The van der Waals surface area contributed by atoms with Gasteiger partial charge in [-0.3, -0.25) is 4.79 Å². The number of hydrogen-bond acceptors (Lipinski definition) is 3. The molecule has 1 aromatic heterocycles. The topological polar surface area (TPSA) is 56.2 Å². The highest BCUT2D eigenvalue weighted by Crippen LogP contribution is 2.21. The SMILES string of the molecule is C=C(C)C(=O)NCCc1nc2ccccc2n1CCOc1ccc(Cl)c(C)c1. The highest BCUT2D eigenvalue weighted by molar-refractivity contribution is 6.31. The Morgan fingerprint density at radius 3 is 2.82 bits per heavy atom. The molecule has 0 aliphatic heterocycles. The number of fused-ring (bicyclic) bond motifs is 1. The fourth-order valence-electron chi connectivity index (χ4n) is 2.97. The molecule has 0 spiro atoms. The van der Waals surface area contributed by atoms with Gasteiger partial charge in [-0.05, 0) is 49.7 Å². The first-order chi connectivity index (χ1) is 13.5. The number of para-hydroxylation sites is 2. The minimum Gasteiger partial charge on any atom is -0.492 e. The Kier molecular flexibility index (Phi) is 6.37. The van der Waals surface area contributed by atoms with E-state index in [-0.39, 0.29) is 5.91 Å². The molecule has 0 fully saturated rings. The predicted molar refractivity (Wildman–Crippen MR) is 113 cm³/mol. The van der Waals surface area contributed by atoms with Crippen LogP contribution in [0.5, 0.6) is 5.75 Å². The van der Waals surface area contributed by atoms with Crippen LogP contribution >= 0.6 is 11.6 Å². The second-order valence-corrected chi connectivity index (χ2v) is 7.12. The molecule has 0 aliphatic carbocycles. The van der Waals surface area contributed by atoms with E-state index in [1.807, 2.05) is 49.4 Å². The number of ether oxygens (including phenoxy) is 1. The summed E-state index contributed by atoms with van der Waals surface area (Å²) in [5.41, 5.74) is 3.48. The molecule has 146 valence electrons. The Hall–Kier alpha value is -2.79. The third kappa shape index (κ3) is 4.73. The summed E-state index contributed by atoms with van der Waals surface area (Å²) in [5.74, 6) is 1.57. The summed E-state index contributed by atoms with van der Waals surface area (Å²) >= 11 is 6.07. The van der Waals surface area contributed by atoms with Crippen molar-refractivity contribution in [1.82, 2.24) is 14.9 Å². The number of hydrogen-bond donors (Lipinski definition) is 1. The van der Waals surface area contributed by atoms with Gasteiger partial charge in [-0.2, -0.15) is 0 Å². The number of benzene rings is 2. The summed E-state index contributed by atoms with van der Waals surface area (Å²) in [6.07, 6.45) is 0.633. The molecule has 28 heavy (non-hydrogen) atoms. The Morgan fingerprint density at radius 2 is 2.07 bits per heavy atom. The third-order valence-corrected chi connectivity index (χ3v) is 4.89. The monoisotopic (exact) mass is 397 g/mol. The standard InChI is InChI=1S/C22H24ClN3O2/c1-15(2)22(27)24-11-10-21-25-19-6-4-5-7-20(19)26(21)12-13-28-17-8-9-18(23)16(3)14-17/h4-9,14H,1,10-13H2,2-3H3,(H,24,27). The van der Waals surface area contributed by atoms with E-state index >= 15 is 0 Å². The van der Waals surface area contributed by atoms with Crippen LogP contribution in [-0.4, -0.2) is 28.6 Å². The van der Waals surface area contributed by atoms with Crippen LogP contribution in [0.3, 0.4) is 0 Å². The number of amides is 1. The smallest absolute Gasteiger partial charge is 0.246 e. The molecule has 1 N–H and O–H groups in total. The van der Waals surface area contributed by atoms with Crippen molar-refractivity contribution >= 4 is 28.5 Å². The molecule has 1 amide bonds. The maximum Gasteiger partial charge on any atom is 0.246 e. The van der Waals surface area contributed by atoms with Gasteiger partial charge in [0.05, 0.1) is 17.6 Å². The maximum atomic E-state index is 11.7. The summed E-state index contributed by atoms with van der Waals surface area (Å²) in [7, 11) is 0. The van der Waals surface area contributed by atoms with Crippen LogP contribution in [-0.2, 0) is 17.8 Å². The minimum atomic E-state index is -0.135. The number of nitrogens with one attached hydrogen (secondary N) is 1. The average molecular weight is 398 g/mol. The van der Waals surface area contributed by atoms with Crippen molar-refractivity contribution in [2.24, 2.45) is 0 Å². The fraction of sp³-hybridized carbons (Fsp3) is 0.273. The second-order valence-electron chi connectivity index (χ2n) is 6.71. The maximum absolute atomic E-state index is 11.7. The van der Waals surface area contributed by atoms with Crippen molar-refractivity contribution in [3.63, 3.8) is 0 Å². The van der Waals surface area contributed by atoms with Crippen molar-refractivity contribution in [2.75, 3.05) is 13.2 Å². The zero-order valence-corrected chi connectivity index (χ0v) is 16.9. The molecule has 0 radical (unpaired) electrons. The van der Waals surface area contributed by atoms with E-state index in [1.165, 1.54) is 0 Å². The van der Waals surface area contributed by atoms with E-state index in [0.29, 0.717) is 31.7 Å². The summed E-state index contributed by atoms with van der Waals surface area (Å²) in [4.78, 5) is 16.4. The third-order valence-electron chi connectivity index (χ3n) is 4.47. The van der Waals surface area contributed by atoms with Crippen molar-refractivity contribution in [3.8, 4) is 5.75 Å². The largest absolute Gasteiger partial charge is 0.492 e. The van der Waals surface area contributed by atoms with Gasteiger partial charge in [0.2, 0.25) is 5.91 Å². The molecule has 3 aromatic rings. The van der Waals surface area contributed by atoms with Gasteiger partial charge in [0.15, 0.2) is 0 Å². The summed E-state index contributed by atoms with van der Waals surface area (Å²) in [6.45, 7) is 8.98. The van der Waals surface area contributed by atoms with Crippen LogP contribution in [0, 0.1) is 6.92 Å². The van der Waals surface area contributed by atoms with E-state index in [9.17, 15) is 4.79 Å². The van der Waals surface area contributed by atoms with E-state index in [1.54, 1.807) is 6.92 Å². The van der Waals surface area contributed by atoms with Crippen molar-refractivity contribution < 1.29 is 9.53 Å². The summed E-state index contributed by atoms with van der Waals surface area (Å²) in [6, 6.07) is 13.7. The number of halogens is 1. The van der Waals surface area contributed by atoms with E-state index < -0.39 is 0 Å². The molecular weight excluding hydrogens is 374 g/mol. The van der Waals surface area contributed by atoms with Crippen LogP contribution in [0.4, 0.5) is 0 Å². The molecule has 0 bridgehead atoms. The number of carbonyl (C=O) groups is 1. The molecule has 0 aliphatic rings. The first kappa shape index (κ1) is 20.0. The van der Waals surface area contributed by atoms with Gasteiger partial charge in [-0.1, -0.05) is 30.3 Å². The molecule has 3 rings (SSSR count). The Bertz CT molecular complexity index is 1010. The van der Waals surface area contributed by atoms with Crippen molar-refractivity contribution in [3.05, 3.63) is 71.0 Å². The van der Waals surface area contributed by atoms with Gasteiger partial charge in [-0.15, -0.1) is 0 Å². The fourth-order valence-corrected chi connectivity index (χ4v) is 3.08. The average Bonchev–Trinajstić information content (AvgIpc) is 3.02. The molecule has 5 nitrogen and oxygen atoms in total. The van der Waals surface area contributed by atoms with Crippen LogP contribution in [0.2, 0.25) is 5.02 Å². The number of rotatable bonds is 8. The van der Waals surface area contributed by atoms with E-state index in [2.05, 4.69) is 16.5 Å².